The van der Waals surface area contributed by atoms with E-state index in [1.807, 2.05) is 37.3 Å². The first-order valence-electron chi connectivity index (χ1n) is 9.04. The van der Waals surface area contributed by atoms with Crippen molar-refractivity contribution in [2.45, 2.75) is 6.92 Å². The van der Waals surface area contributed by atoms with Crippen molar-refractivity contribution in [3.63, 3.8) is 0 Å². The lowest BCUT2D eigenvalue weighted by Crippen LogP contribution is -2.49. The minimum atomic E-state index is -0.0754. The molecule has 2 aromatic heterocycles. The fourth-order valence-corrected chi connectivity index (χ4v) is 3.28. The Bertz CT molecular complexity index is 951. The van der Waals surface area contributed by atoms with Crippen molar-refractivity contribution in [1.82, 2.24) is 14.9 Å². The molecule has 1 saturated heterocycles. The molecule has 28 heavy (non-hydrogen) atoms. The summed E-state index contributed by atoms with van der Waals surface area (Å²) in [6.45, 7) is 4.49. The maximum Gasteiger partial charge on any atom is 0.289 e. The molecule has 4 rings (SSSR count). The molecule has 0 bridgehead atoms. The fourth-order valence-electron chi connectivity index (χ4n) is 3.15. The van der Waals surface area contributed by atoms with Gasteiger partial charge >= 0.3 is 0 Å². The average molecular weight is 398 g/mol. The summed E-state index contributed by atoms with van der Waals surface area (Å²) in [7, 11) is 0. The molecule has 7 nitrogen and oxygen atoms in total. The van der Waals surface area contributed by atoms with Crippen LogP contribution in [0.25, 0.3) is 0 Å². The van der Waals surface area contributed by atoms with E-state index in [2.05, 4.69) is 20.2 Å². The second kappa shape index (κ2) is 7.90. The molecule has 3 aromatic rings. The molecule has 1 N–H and O–H groups in total. The number of aromatic nitrogens is 2. The monoisotopic (exact) mass is 397 g/mol. The van der Waals surface area contributed by atoms with Gasteiger partial charge in [0.2, 0.25) is 0 Å². The second-order valence-corrected chi connectivity index (χ2v) is 6.98. The predicted octanol–water partition coefficient (Wildman–Crippen LogP) is 3.74. The molecule has 0 radical (unpaired) electrons. The number of rotatable bonds is 4. The van der Waals surface area contributed by atoms with Crippen LogP contribution in [0.2, 0.25) is 5.02 Å². The highest BCUT2D eigenvalue weighted by Crippen LogP contribution is 2.22. The Hall–Kier alpha value is -3.06. The molecule has 8 heteroatoms. The molecule has 1 fully saturated rings. The van der Waals surface area contributed by atoms with Gasteiger partial charge in [-0.05, 0) is 43.3 Å². The number of hydrogen-bond donors (Lipinski definition) is 1. The second-order valence-electron chi connectivity index (χ2n) is 6.55. The van der Waals surface area contributed by atoms with E-state index in [4.69, 9.17) is 16.0 Å². The molecule has 144 valence electrons. The largest absolute Gasteiger partial charge is 0.459 e. The number of halogens is 1. The quantitative estimate of drug-likeness (QED) is 0.722. The average Bonchev–Trinajstić information content (AvgIpc) is 3.24. The van der Waals surface area contributed by atoms with Crippen LogP contribution in [0.1, 0.15) is 16.4 Å². The highest BCUT2D eigenvalue weighted by atomic mass is 35.5. The first-order chi connectivity index (χ1) is 13.6. The van der Waals surface area contributed by atoms with Gasteiger partial charge in [-0.25, -0.2) is 9.97 Å². The van der Waals surface area contributed by atoms with Crippen LogP contribution in [0.3, 0.4) is 0 Å². The van der Waals surface area contributed by atoms with Crippen molar-refractivity contribution in [1.29, 1.82) is 0 Å². The summed E-state index contributed by atoms with van der Waals surface area (Å²) in [5.41, 5.74) is 0.905. The third-order valence-electron chi connectivity index (χ3n) is 4.56. The number of carbonyl (C=O) groups is 1. The molecular formula is C20H20ClN5O2. The van der Waals surface area contributed by atoms with Gasteiger partial charge in [-0.15, -0.1) is 0 Å². The van der Waals surface area contributed by atoms with Crippen LogP contribution < -0.4 is 10.2 Å². The van der Waals surface area contributed by atoms with Gasteiger partial charge in [0.15, 0.2) is 5.76 Å². The smallest absolute Gasteiger partial charge is 0.289 e. The molecular weight excluding hydrogens is 378 g/mol. The number of hydrogen-bond acceptors (Lipinski definition) is 6. The Kier molecular flexibility index (Phi) is 5.16. The lowest BCUT2D eigenvalue weighted by molar-refractivity contribution is 0.0714. The van der Waals surface area contributed by atoms with Crippen molar-refractivity contribution >= 4 is 34.8 Å². The standard InChI is InChI=1S/C20H20ClN5O2/c1-14-22-18(24-16-6-4-15(21)5-7-16)13-19(23-14)25-8-10-26(11-9-25)20(27)17-3-2-12-28-17/h2-7,12-13H,8-11H2,1H3,(H,22,23,24). The molecule has 0 atom stereocenters. The van der Waals surface area contributed by atoms with Crippen LogP contribution in [0.4, 0.5) is 17.3 Å². The van der Waals surface area contributed by atoms with E-state index in [9.17, 15) is 4.79 Å². The number of piperazine rings is 1. The van der Waals surface area contributed by atoms with Crippen LogP contribution in [0.5, 0.6) is 0 Å². The number of anilines is 3. The van der Waals surface area contributed by atoms with Gasteiger partial charge < -0.3 is 19.5 Å². The number of furan rings is 1. The van der Waals surface area contributed by atoms with E-state index in [0.29, 0.717) is 42.8 Å². The summed E-state index contributed by atoms with van der Waals surface area (Å²) in [5.74, 6) is 2.55. The number of nitrogens with one attached hydrogen (secondary N) is 1. The number of nitrogens with zero attached hydrogens (tertiary/aromatic N) is 4. The minimum absolute atomic E-state index is 0.0754. The predicted molar refractivity (Wildman–Crippen MR) is 108 cm³/mol. The Morgan fingerprint density at radius 2 is 1.86 bits per heavy atom. The molecule has 1 amide bonds. The lowest BCUT2D eigenvalue weighted by Gasteiger charge is -2.35. The molecule has 0 saturated carbocycles. The van der Waals surface area contributed by atoms with Gasteiger partial charge in [0.1, 0.15) is 17.5 Å². The van der Waals surface area contributed by atoms with Gasteiger partial charge in [0, 0.05) is 43.0 Å². The summed E-state index contributed by atoms with van der Waals surface area (Å²) in [6.07, 6.45) is 1.52. The van der Waals surface area contributed by atoms with Crippen molar-refractivity contribution in [3.05, 3.63) is 65.3 Å². The van der Waals surface area contributed by atoms with Crippen molar-refractivity contribution in [2.24, 2.45) is 0 Å². The fraction of sp³-hybridized carbons (Fsp3) is 0.250. The lowest BCUT2D eigenvalue weighted by atomic mass is 10.2. The summed E-state index contributed by atoms with van der Waals surface area (Å²) >= 11 is 5.94. The SMILES string of the molecule is Cc1nc(Nc2ccc(Cl)cc2)cc(N2CCN(C(=O)c3ccco3)CC2)n1. The Labute approximate surface area is 167 Å². The molecule has 3 heterocycles. The van der Waals surface area contributed by atoms with Crippen LogP contribution in [-0.4, -0.2) is 47.0 Å². The number of benzene rings is 1. The molecule has 0 aliphatic carbocycles. The van der Waals surface area contributed by atoms with Crippen LogP contribution in [0, 0.1) is 6.92 Å². The van der Waals surface area contributed by atoms with E-state index < -0.39 is 0 Å². The Balaban J connectivity index is 1.44. The zero-order valence-electron chi connectivity index (χ0n) is 15.4. The summed E-state index contributed by atoms with van der Waals surface area (Å²) in [5, 5.41) is 3.97. The van der Waals surface area contributed by atoms with Gasteiger partial charge in [0.25, 0.3) is 5.91 Å². The highest BCUT2D eigenvalue weighted by Gasteiger charge is 2.24. The third kappa shape index (κ3) is 4.09. The minimum Gasteiger partial charge on any atom is -0.459 e. The van der Waals surface area contributed by atoms with E-state index >= 15 is 0 Å². The van der Waals surface area contributed by atoms with Gasteiger partial charge in [0.05, 0.1) is 6.26 Å². The van der Waals surface area contributed by atoms with Gasteiger partial charge in [-0.1, -0.05) is 11.6 Å². The van der Waals surface area contributed by atoms with Gasteiger partial charge in [-0.3, -0.25) is 4.79 Å². The van der Waals surface area contributed by atoms with E-state index in [1.54, 1.807) is 17.0 Å². The van der Waals surface area contributed by atoms with Crippen LogP contribution >= 0.6 is 11.6 Å². The molecule has 1 aliphatic rings. The zero-order valence-corrected chi connectivity index (χ0v) is 16.2. The number of amides is 1. The Morgan fingerprint density at radius 3 is 2.54 bits per heavy atom. The maximum atomic E-state index is 12.4. The molecule has 0 spiro atoms. The van der Waals surface area contributed by atoms with E-state index in [1.165, 1.54) is 6.26 Å². The first kappa shape index (κ1) is 18.3. The van der Waals surface area contributed by atoms with Gasteiger partial charge in [-0.2, -0.15) is 0 Å². The van der Waals surface area contributed by atoms with Crippen molar-refractivity contribution in [3.8, 4) is 0 Å². The van der Waals surface area contributed by atoms with E-state index in [-0.39, 0.29) is 5.91 Å². The van der Waals surface area contributed by atoms with Crippen molar-refractivity contribution < 1.29 is 9.21 Å². The third-order valence-corrected chi connectivity index (χ3v) is 4.82. The first-order valence-corrected chi connectivity index (χ1v) is 9.42. The summed E-state index contributed by atoms with van der Waals surface area (Å²) < 4.78 is 5.21. The molecule has 0 unspecified atom stereocenters. The maximum absolute atomic E-state index is 12.4. The summed E-state index contributed by atoms with van der Waals surface area (Å²) in [6, 6.07) is 12.8. The molecule has 1 aromatic carbocycles. The number of aryl methyl sites for hydroxylation is 1. The highest BCUT2D eigenvalue weighted by molar-refractivity contribution is 6.30. The molecule has 1 aliphatic heterocycles. The normalized spacial score (nSPS) is 14.2. The van der Waals surface area contributed by atoms with Crippen LogP contribution in [0.15, 0.2) is 53.1 Å². The summed E-state index contributed by atoms with van der Waals surface area (Å²) in [4.78, 5) is 25.4. The topological polar surface area (TPSA) is 74.5 Å². The van der Waals surface area contributed by atoms with E-state index in [0.717, 1.165) is 17.3 Å². The van der Waals surface area contributed by atoms with Crippen molar-refractivity contribution in [2.75, 3.05) is 36.4 Å². The zero-order chi connectivity index (χ0) is 19.5. The Morgan fingerprint density at radius 1 is 1.11 bits per heavy atom. The van der Waals surface area contributed by atoms with Crippen LogP contribution in [-0.2, 0) is 0 Å². The number of carbonyl (C=O) groups excluding carboxylic acids is 1.